The third-order valence-corrected chi connectivity index (χ3v) is 1.21. The minimum atomic E-state index is -0.498. The van der Waals surface area contributed by atoms with Crippen LogP contribution >= 0.6 is 0 Å². The highest BCUT2D eigenvalue weighted by Gasteiger charge is 2.05. The average Bonchev–Trinajstić information content (AvgIpc) is 1.97. The van der Waals surface area contributed by atoms with Gasteiger partial charge in [-0.3, -0.25) is 4.79 Å². The van der Waals surface area contributed by atoms with Crippen LogP contribution in [0.4, 0.5) is 0 Å². The van der Waals surface area contributed by atoms with Crippen molar-refractivity contribution >= 4 is 12.7 Å². The summed E-state index contributed by atoms with van der Waals surface area (Å²) in [6, 6.07) is -0.498. The molecular formula is C6H12N2O3. The van der Waals surface area contributed by atoms with Gasteiger partial charge >= 0.3 is 0 Å². The van der Waals surface area contributed by atoms with Gasteiger partial charge in [-0.1, -0.05) is 0 Å². The average molecular weight is 160 g/mol. The highest BCUT2D eigenvalue weighted by Crippen LogP contribution is 1.88. The molecule has 0 heterocycles. The van der Waals surface area contributed by atoms with Gasteiger partial charge < -0.3 is 15.3 Å². The summed E-state index contributed by atoms with van der Waals surface area (Å²) < 4.78 is 0. The first-order valence-electron chi connectivity index (χ1n) is 3.25. The maximum atomic E-state index is 10.2. The molecule has 11 heavy (non-hydrogen) atoms. The van der Waals surface area contributed by atoms with Gasteiger partial charge in [0.15, 0.2) is 0 Å². The Morgan fingerprint density at radius 1 is 1.64 bits per heavy atom. The predicted molar refractivity (Wildman–Crippen MR) is 38.1 cm³/mol. The number of nitrogens with zero attached hydrogens (tertiary/aromatic N) is 1. The molecule has 64 valence electrons. The number of hydrogen-bond acceptors (Lipinski definition) is 4. The quantitative estimate of drug-likeness (QED) is 0.386. The Morgan fingerprint density at radius 2 is 2.27 bits per heavy atom. The van der Waals surface area contributed by atoms with Gasteiger partial charge in [-0.15, -0.1) is 0 Å². The second-order valence-electron chi connectivity index (χ2n) is 2.20. The number of rotatable bonds is 6. The summed E-state index contributed by atoms with van der Waals surface area (Å²) in [5, 5.41) is 11.9. The molecule has 0 aromatic rings. The lowest BCUT2D eigenvalue weighted by atomic mass is 10.2. The summed E-state index contributed by atoms with van der Waals surface area (Å²) in [6.45, 7) is 0.351. The van der Waals surface area contributed by atoms with Crippen LogP contribution < -0.4 is 5.32 Å². The predicted octanol–water partition coefficient (Wildman–Crippen LogP) is -0.989. The van der Waals surface area contributed by atoms with Crippen LogP contribution in [0, 0.1) is 0 Å². The fourth-order valence-corrected chi connectivity index (χ4v) is 0.604. The third kappa shape index (κ3) is 5.50. The van der Waals surface area contributed by atoms with Crippen LogP contribution in [0.15, 0.2) is 0 Å². The second kappa shape index (κ2) is 5.82. The van der Waals surface area contributed by atoms with Crippen molar-refractivity contribution in [2.24, 2.45) is 0 Å². The Balaban J connectivity index is 3.51. The molecule has 0 radical (unpaired) electrons. The van der Waals surface area contributed by atoms with E-state index in [0.29, 0.717) is 25.7 Å². The lowest BCUT2D eigenvalue weighted by Gasteiger charge is -2.11. The number of nitrogens with one attached hydrogen (secondary N) is 1. The summed E-state index contributed by atoms with van der Waals surface area (Å²) >= 11 is 0. The van der Waals surface area contributed by atoms with E-state index in [1.54, 1.807) is 0 Å². The van der Waals surface area contributed by atoms with E-state index in [9.17, 15) is 9.59 Å². The smallest absolute Gasteiger partial charge is 0.207 e. The summed E-state index contributed by atoms with van der Waals surface area (Å²) in [6.07, 6.45) is 1.52. The molecule has 5 nitrogen and oxygen atoms in total. The van der Waals surface area contributed by atoms with Gasteiger partial charge in [0.1, 0.15) is 6.29 Å². The van der Waals surface area contributed by atoms with E-state index in [4.69, 9.17) is 5.21 Å². The van der Waals surface area contributed by atoms with Gasteiger partial charge in [0, 0.05) is 13.6 Å². The zero-order valence-corrected chi connectivity index (χ0v) is 6.36. The number of carbonyl (C=O) groups is 2. The summed E-state index contributed by atoms with van der Waals surface area (Å²) in [4.78, 5) is 20.1. The summed E-state index contributed by atoms with van der Waals surface area (Å²) in [5.41, 5.74) is 0. The number of hydrogen-bond donors (Lipinski definition) is 2. The van der Waals surface area contributed by atoms with Crippen molar-refractivity contribution in [2.45, 2.75) is 12.5 Å². The van der Waals surface area contributed by atoms with Crippen LogP contribution in [0.1, 0.15) is 6.42 Å². The van der Waals surface area contributed by atoms with E-state index < -0.39 is 6.04 Å². The zero-order valence-electron chi connectivity index (χ0n) is 6.36. The van der Waals surface area contributed by atoms with Crippen molar-refractivity contribution in [3.63, 3.8) is 0 Å². The Hall–Kier alpha value is -0.940. The summed E-state index contributed by atoms with van der Waals surface area (Å²) in [7, 11) is 1.47. The standard InChI is InChI=1S/C6H12N2O3/c1-8(11)3-2-6(4-9)7-5-10/h4-6,11H,2-3H2,1H3,(H,7,10). The van der Waals surface area contributed by atoms with Crippen molar-refractivity contribution in [1.82, 2.24) is 10.4 Å². The molecular weight excluding hydrogens is 148 g/mol. The van der Waals surface area contributed by atoms with Gasteiger partial charge in [-0.05, 0) is 6.42 Å². The Morgan fingerprint density at radius 3 is 2.64 bits per heavy atom. The molecule has 0 aliphatic carbocycles. The molecule has 0 aliphatic rings. The molecule has 1 atom stereocenters. The third-order valence-electron chi connectivity index (χ3n) is 1.21. The van der Waals surface area contributed by atoms with Gasteiger partial charge in [0.2, 0.25) is 6.41 Å². The van der Waals surface area contributed by atoms with Crippen molar-refractivity contribution in [3.8, 4) is 0 Å². The van der Waals surface area contributed by atoms with Gasteiger partial charge in [-0.2, -0.15) is 5.06 Å². The van der Waals surface area contributed by atoms with Gasteiger partial charge in [0.05, 0.1) is 6.04 Å². The lowest BCUT2D eigenvalue weighted by molar-refractivity contribution is -0.116. The first kappa shape index (κ1) is 10.1. The van der Waals surface area contributed by atoms with E-state index >= 15 is 0 Å². The van der Waals surface area contributed by atoms with Crippen molar-refractivity contribution in [2.75, 3.05) is 13.6 Å². The summed E-state index contributed by atoms with van der Waals surface area (Å²) in [5.74, 6) is 0. The molecule has 0 bridgehead atoms. The molecule has 5 heteroatoms. The fourth-order valence-electron chi connectivity index (χ4n) is 0.604. The maximum absolute atomic E-state index is 10.2. The highest BCUT2D eigenvalue weighted by molar-refractivity contribution is 5.63. The van der Waals surface area contributed by atoms with E-state index in [1.165, 1.54) is 7.05 Å². The van der Waals surface area contributed by atoms with Crippen LogP contribution in [0.25, 0.3) is 0 Å². The molecule has 0 aromatic heterocycles. The van der Waals surface area contributed by atoms with Crippen LogP contribution in [0.5, 0.6) is 0 Å². The highest BCUT2D eigenvalue weighted by atomic mass is 16.5. The second-order valence-corrected chi connectivity index (χ2v) is 2.20. The molecule has 2 N–H and O–H groups in total. The van der Waals surface area contributed by atoms with E-state index in [2.05, 4.69) is 5.32 Å². The van der Waals surface area contributed by atoms with Gasteiger partial charge in [-0.25, -0.2) is 0 Å². The van der Waals surface area contributed by atoms with Crippen LogP contribution in [0.2, 0.25) is 0 Å². The SMILES string of the molecule is CN(O)CCC(C=O)NC=O. The number of hydroxylamine groups is 2. The molecule has 1 unspecified atom stereocenters. The Bertz CT molecular complexity index is 127. The molecule has 1 amide bonds. The van der Waals surface area contributed by atoms with E-state index in [-0.39, 0.29) is 0 Å². The van der Waals surface area contributed by atoms with E-state index in [1.807, 2.05) is 0 Å². The molecule has 0 aromatic carbocycles. The van der Waals surface area contributed by atoms with Crippen LogP contribution in [-0.2, 0) is 9.59 Å². The zero-order chi connectivity index (χ0) is 8.69. The Labute approximate surface area is 64.9 Å². The Kier molecular flexibility index (Phi) is 5.32. The monoisotopic (exact) mass is 160 g/mol. The molecule has 0 rings (SSSR count). The minimum Gasteiger partial charge on any atom is -0.349 e. The van der Waals surface area contributed by atoms with Crippen molar-refractivity contribution in [1.29, 1.82) is 0 Å². The van der Waals surface area contributed by atoms with Crippen molar-refractivity contribution in [3.05, 3.63) is 0 Å². The van der Waals surface area contributed by atoms with E-state index in [0.717, 1.165) is 5.06 Å². The van der Waals surface area contributed by atoms with Crippen molar-refractivity contribution < 1.29 is 14.8 Å². The largest absolute Gasteiger partial charge is 0.349 e. The molecule has 0 fully saturated rings. The normalized spacial score (nSPS) is 12.6. The first-order chi connectivity index (χ1) is 5.20. The van der Waals surface area contributed by atoms with Crippen LogP contribution in [-0.4, -0.2) is 42.6 Å². The van der Waals surface area contributed by atoms with Gasteiger partial charge in [0.25, 0.3) is 0 Å². The first-order valence-corrected chi connectivity index (χ1v) is 3.25. The topological polar surface area (TPSA) is 69.6 Å². The number of amides is 1. The molecule has 0 spiro atoms. The molecule has 0 saturated heterocycles. The number of carbonyl (C=O) groups excluding carboxylic acids is 2. The maximum Gasteiger partial charge on any atom is 0.207 e. The lowest BCUT2D eigenvalue weighted by Crippen LogP contribution is -2.32. The molecule has 0 aliphatic heterocycles. The van der Waals surface area contributed by atoms with Crippen LogP contribution in [0.3, 0.4) is 0 Å². The molecule has 0 saturated carbocycles. The fraction of sp³-hybridized carbons (Fsp3) is 0.667. The number of aldehydes is 1. The minimum absolute atomic E-state index is 0.351.